The fourth-order valence-corrected chi connectivity index (χ4v) is 4.12. The third kappa shape index (κ3) is 6.53. The Bertz CT molecular complexity index is 1270. The van der Waals surface area contributed by atoms with Crippen molar-refractivity contribution in [3.8, 4) is 11.4 Å². The zero-order valence-corrected chi connectivity index (χ0v) is 20.9. The van der Waals surface area contributed by atoms with Gasteiger partial charge in [-0.25, -0.2) is 14.4 Å². The molecule has 1 N–H and O–H groups in total. The maximum atomic E-state index is 14.3. The Hall–Kier alpha value is -2.54. The second-order valence-electron chi connectivity index (χ2n) is 7.10. The maximum absolute atomic E-state index is 14.3. The van der Waals surface area contributed by atoms with E-state index in [4.69, 9.17) is 0 Å². The molecule has 0 atom stereocenters. The van der Waals surface area contributed by atoms with Crippen molar-refractivity contribution in [3.05, 3.63) is 64.9 Å². The van der Waals surface area contributed by atoms with Crippen LogP contribution in [0.15, 0.2) is 47.2 Å². The molecule has 8 nitrogen and oxygen atoms in total. The van der Waals surface area contributed by atoms with Crippen LogP contribution in [0.2, 0.25) is 0 Å². The number of rotatable bonds is 5. The summed E-state index contributed by atoms with van der Waals surface area (Å²) in [5, 5.41) is 3.15. The summed E-state index contributed by atoms with van der Waals surface area (Å²) < 4.78 is 43.1. The van der Waals surface area contributed by atoms with Gasteiger partial charge in [0.25, 0.3) is 5.56 Å². The molecule has 1 fully saturated rings. The summed E-state index contributed by atoms with van der Waals surface area (Å²) in [6.07, 6.45) is 12.0. The van der Waals surface area contributed by atoms with Crippen molar-refractivity contribution < 1.29 is 47.5 Å². The van der Waals surface area contributed by atoms with E-state index < -0.39 is 12.4 Å². The van der Waals surface area contributed by atoms with Crippen molar-refractivity contribution in [2.75, 3.05) is 5.32 Å². The molecule has 1 saturated carbocycles. The molecule has 4 aromatic rings. The number of alkyl halides is 2. The monoisotopic (exact) mass is 498 g/mol. The van der Waals surface area contributed by atoms with E-state index in [2.05, 4.69) is 36.3 Å². The number of nitrogens with zero attached hydrogens (tertiary/aromatic N) is 5. The average molecular weight is 498 g/mol. The predicted octanol–water partition coefficient (Wildman–Crippen LogP) is 1.22. The first kappa shape index (κ1) is 26.1. The van der Waals surface area contributed by atoms with Crippen molar-refractivity contribution in [1.29, 1.82) is 0 Å². The Kier molecular flexibility index (Phi) is 9.39. The topological polar surface area (TPSA) is 94.8 Å². The van der Waals surface area contributed by atoms with Gasteiger partial charge >= 0.3 is 36.2 Å². The minimum absolute atomic E-state index is 0. The van der Waals surface area contributed by atoms with Crippen molar-refractivity contribution in [3.63, 3.8) is 0 Å². The second kappa shape index (κ2) is 12.2. The summed E-state index contributed by atoms with van der Waals surface area (Å²) in [6.45, 7) is -2.83. The van der Waals surface area contributed by atoms with Gasteiger partial charge in [-0.2, -0.15) is 8.78 Å². The van der Waals surface area contributed by atoms with Gasteiger partial charge in [0.05, 0.1) is 28.7 Å². The summed E-state index contributed by atoms with van der Waals surface area (Å²) in [4.78, 5) is 27.4. The first-order chi connectivity index (χ1) is 16.0. The number of ether oxygens (including phenoxy) is 1. The summed E-state index contributed by atoms with van der Waals surface area (Å²) in [5.74, 6) is -0.244. The number of hydrogen-bond acceptors (Lipinski definition) is 8. The Morgan fingerprint density at radius 1 is 1.18 bits per heavy atom. The Balaban J connectivity index is 0.000000250. The van der Waals surface area contributed by atoms with E-state index >= 15 is 0 Å². The summed E-state index contributed by atoms with van der Waals surface area (Å²) in [6, 6.07) is 3.38. The van der Waals surface area contributed by atoms with Crippen molar-refractivity contribution in [2.24, 2.45) is 0 Å². The standard InChI is InChI=1S/C16H15FN4OS.C5H3F2N2O.Na/c17-12-7-11(8-18-15(12)20-10-3-1-2-4-10)21-6-5-13-14(16(21)22)23-9-19-13;6-5(7)10-4-1-8-3-9-2-4;/h5-10H,1-4H2,(H,18,20);1-2,5H;/q;-1;+1. The van der Waals surface area contributed by atoms with Gasteiger partial charge in [-0.1, -0.05) is 12.8 Å². The first-order valence-electron chi connectivity index (χ1n) is 10.0. The van der Waals surface area contributed by atoms with Gasteiger partial charge in [0.2, 0.25) is 0 Å². The van der Waals surface area contributed by atoms with E-state index in [1.165, 1.54) is 41.0 Å². The fraction of sp³-hybridized carbons (Fsp3) is 0.286. The molecule has 0 bridgehead atoms. The molecule has 4 aromatic heterocycles. The second-order valence-corrected chi connectivity index (χ2v) is 7.96. The maximum Gasteiger partial charge on any atom is 1.00 e. The van der Waals surface area contributed by atoms with Gasteiger partial charge in [0.1, 0.15) is 4.70 Å². The normalized spacial score (nSPS) is 13.3. The van der Waals surface area contributed by atoms with Gasteiger partial charge in [0.15, 0.2) is 11.6 Å². The zero-order valence-electron chi connectivity index (χ0n) is 18.1. The van der Waals surface area contributed by atoms with Gasteiger partial charge in [-0.15, -0.1) is 11.3 Å². The quantitative estimate of drug-likeness (QED) is 0.327. The van der Waals surface area contributed by atoms with Crippen LogP contribution in [0.1, 0.15) is 25.7 Å². The molecular weight excluding hydrogens is 480 g/mol. The van der Waals surface area contributed by atoms with Crippen LogP contribution in [0.3, 0.4) is 0 Å². The minimum Gasteiger partial charge on any atom is -0.458 e. The van der Waals surface area contributed by atoms with Crippen LogP contribution < -0.4 is 45.2 Å². The van der Waals surface area contributed by atoms with Gasteiger partial charge in [0, 0.05) is 24.6 Å². The van der Waals surface area contributed by atoms with E-state index in [0.29, 0.717) is 21.9 Å². The molecule has 1 aliphatic carbocycles. The van der Waals surface area contributed by atoms with E-state index in [0.717, 1.165) is 25.2 Å². The summed E-state index contributed by atoms with van der Waals surface area (Å²) >= 11 is 1.28. The molecule has 0 saturated heterocycles. The smallest absolute Gasteiger partial charge is 0.458 e. The number of nitrogens with one attached hydrogen (secondary N) is 1. The molecule has 34 heavy (non-hydrogen) atoms. The number of halogens is 3. The van der Waals surface area contributed by atoms with E-state index in [1.54, 1.807) is 17.8 Å². The SMILES string of the molecule is FC(F)Oc1cn[c-]nc1.O=c1c2scnc2ccn1-c1cnc(NC2CCCC2)c(F)c1.[Na+]. The Morgan fingerprint density at radius 2 is 1.91 bits per heavy atom. The van der Waals surface area contributed by atoms with E-state index in [9.17, 15) is 18.0 Å². The molecular formula is C21H18F3N6NaO2S. The molecule has 5 rings (SSSR count). The number of thiazole rings is 1. The van der Waals surface area contributed by atoms with Crippen LogP contribution in [0.5, 0.6) is 5.75 Å². The minimum atomic E-state index is -2.83. The van der Waals surface area contributed by atoms with Crippen LogP contribution in [-0.4, -0.2) is 37.2 Å². The molecule has 1 aliphatic rings. The van der Waals surface area contributed by atoms with E-state index in [1.807, 2.05) is 0 Å². The van der Waals surface area contributed by atoms with Crippen LogP contribution in [0.25, 0.3) is 15.9 Å². The Morgan fingerprint density at radius 3 is 2.59 bits per heavy atom. The molecule has 0 amide bonds. The van der Waals surface area contributed by atoms with Crippen molar-refractivity contribution in [2.45, 2.75) is 38.3 Å². The molecule has 13 heteroatoms. The third-order valence-electron chi connectivity index (χ3n) is 4.91. The fourth-order valence-electron chi connectivity index (χ4n) is 3.40. The molecule has 4 heterocycles. The number of pyridine rings is 2. The van der Waals surface area contributed by atoms with Crippen molar-refractivity contribution in [1.82, 2.24) is 24.5 Å². The first-order valence-corrected chi connectivity index (χ1v) is 10.9. The van der Waals surface area contributed by atoms with Gasteiger partial charge < -0.3 is 20.0 Å². The van der Waals surface area contributed by atoms with Crippen LogP contribution in [0, 0.1) is 12.1 Å². The number of hydrogen-bond donors (Lipinski definition) is 1. The molecule has 0 spiro atoms. The number of fused-ring (bicyclic) bond motifs is 1. The van der Waals surface area contributed by atoms with Crippen molar-refractivity contribution >= 4 is 27.4 Å². The van der Waals surface area contributed by atoms with Gasteiger partial charge in [-0.3, -0.25) is 9.36 Å². The molecule has 0 aliphatic heterocycles. The summed E-state index contributed by atoms with van der Waals surface area (Å²) in [7, 11) is 0. The van der Waals surface area contributed by atoms with Crippen LogP contribution >= 0.6 is 11.3 Å². The summed E-state index contributed by atoms with van der Waals surface area (Å²) in [5.41, 5.74) is 2.50. The molecule has 0 aromatic carbocycles. The average Bonchev–Trinajstić information content (AvgIpc) is 3.49. The molecule has 0 radical (unpaired) electrons. The predicted molar refractivity (Wildman–Crippen MR) is 116 cm³/mol. The zero-order chi connectivity index (χ0) is 23.2. The molecule has 172 valence electrons. The van der Waals surface area contributed by atoms with Crippen LogP contribution in [0.4, 0.5) is 19.0 Å². The number of anilines is 1. The van der Waals surface area contributed by atoms with Crippen LogP contribution in [-0.2, 0) is 0 Å². The Labute approximate surface area is 218 Å². The van der Waals surface area contributed by atoms with E-state index in [-0.39, 0.29) is 46.7 Å². The number of aromatic nitrogens is 5. The molecule has 0 unspecified atom stereocenters. The third-order valence-corrected chi connectivity index (χ3v) is 5.74. The largest absolute Gasteiger partial charge is 1.00 e. The van der Waals surface area contributed by atoms with Gasteiger partial charge in [-0.05, 0) is 31.3 Å².